The first-order valence-corrected chi connectivity index (χ1v) is 5.97. The Labute approximate surface area is 115 Å². The predicted octanol–water partition coefficient (Wildman–Crippen LogP) is 1.67. The summed E-state index contributed by atoms with van der Waals surface area (Å²) in [5.41, 5.74) is 8.33. The Morgan fingerprint density at radius 2 is 2.05 bits per heavy atom. The van der Waals surface area contributed by atoms with E-state index >= 15 is 0 Å². The third-order valence-corrected chi connectivity index (χ3v) is 2.85. The van der Waals surface area contributed by atoms with Crippen LogP contribution >= 0.6 is 12.2 Å². The molecule has 0 aliphatic rings. The molecule has 3 N–H and O–H groups in total. The number of rotatable bonds is 3. The number of nitrogens with one attached hydrogen (secondary N) is 1. The Hall–Kier alpha value is -2.34. The van der Waals surface area contributed by atoms with Crippen LogP contribution in [0.2, 0.25) is 0 Å². The lowest BCUT2D eigenvalue weighted by atomic mass is 10.1. The smallest absolute Gasteiger partial charge is 0.257 e. The van der Waals surface area contributed by atoms with Gasteiger partial charge in [0.15, 0.2) is 0 Å². The van der Waals surface area contributed by atoms with Gasteiger partial charge in [-0.15, -0.1) is 0 Å². The monoisotopic (exact) mass is 272 g/mol. The number of aromatic nitrogens is 2. The SMILES string of the molecule is Cc1ccc(C(N)=S)cc1NC(=O)c1ccnnc1. The van der Waals surface area contributed by atoms with Crippen LogP contribution in [0.25, 0.3) is 0 Å². The molecule has 0 bridgehead atoms. The molecule has 0 spiro atoms. The van der Waals surface area contributed by atoms with Gasteiger partial charge in [-0.1, -0.05) is 24.4 Å². The number of carbonyl (C=O) groups excluding carboxylic acids is 1. The van der Waals surface area contributed by atoms with Crippen LogP contribution in [-0.4, -0.2) is 21.1 Å². The lowest BCUT2D eigenvalue weighted by Gasteiger charge is -2.10. The second kappa shape index (κ2) is 5.53. The second-order valence-corrected chi connectivity index (χ2v) is 4.42. The van der Waals surface area contributed by atoms with Gasteiger partial charge in [0.2, 0.25) is 0 Å². The van der Waals surface area contributed by atoms with Crippen LogP contribution < -0.4 is 11.1 Å². The summed E-state index contributed by atoms with van der Waals surface area (Å²) in [6, 6.07) is 7.02. The van der Waals surface area contributed by atoms with Gasteiger partial charge >= 0.3 is 0 Å². The number of anilines is 1. The van der Waals surface area contributed by atoms with Crippen LogP contribution in [0.5, 0.6) is 0 Å². The fourth-order valence-corrected chi connectivity index (χ4v) is 1.66. The molecule has 0 saturated heterocycles. The standard InChI is InChI=1S/C13H12N4OS/c1-8-2-3-9(12(14)19)6-11(8)17-13(18)10-4-5-15-16-7-10/h2-7H,1H3,(H2,14,19)(H,17,18). The van der Waals surface area contributed by atoms with Gasteiger partial charge in [-0.05, 0) is 24.6 Å². The highest BCUT2D eigenvalue weighted by Crippen LogP contribution is 2.17. The Balaban J connectivity index is 2.26. The molecule has 0 aliphatic carbocycles. The number of amides is 1. The summed E-state index contributed by atoms with van der Waals surface area (Å²) in [7, 11) is 0. The molecule has 0 saturated carbocycles. The van der Waals surface area contributed by atoms with Crippen LogP contribution in [0.4, 0.5) is 5.69 Å². The lowest BCUT2D eigenvalue weighted by Crippen LogP contribution is -2.15. The van der Waals surface area contributed by atoms with E-state index in [4.69, 9.17) is 18.0 Å². The molecule has 5 nitrogen and oxygen atoms in total. The Bertz CT molecular complexity index is 628. The first-order chi connectivity index (χ1) is 9.08. The largest absolute Gasteiger partial charge is 0.389 e. The van der Waals surface area contributed by atoms with Crippen molar-refractivity contribution in [3.8, 4) is 0 Å². The van der Waals surface area contributed by atoms with E-state index in [0.717, 1.165) is 5.56 Å². The molecule has 1 amide bonds. The van der Waals surface area contributed by atoms with Gasteiger partial charge in [-0.2, -0.15) is 10.2 Å². The van der Waals surface area contributed by atoms with Gasteiger partial charge in [0.25, 0.3) is 5.91 Å². The second-order valence-electron chi connectivity index (χ2n) is 3.98. The minimum absolute atomic E-state index is 0.252. The molecule has 19 heavy (non-hydrogen) atoms. The van der Waals surface area contributed by atoms with Crippen LogP contribution in [0, 0.1) is 6.92 Å². The normalized spacial score (nSPS) is 9.95. The number of benzene rings is 1. The first-order valence-electron chi connectivity index (χ1n) is 5.56. The molecule has 0 radical (unpaired) electrons. The van der Waals surface area contributed by atoms with E-state index < -0.39 is 0 Å². The van der Waals surface area contributed by atoms with E-state index in [1.807, 2.05) is 19.1 Å². The molecular formula is C13H12N4OS. The van der Waals surface area contributed by atoms with Crippen molar-refractivity contribution in [2.75, 3.05) is 5.32 Å². The average Bonchev–Trinajstić information content (AvgIpc) is 2.42. The van der Waals surface area contributed by atoms with Crippen LogP contribution in [0.3, 0.4) is 0 Å². The third-order valence-electron chi connectivity index (χ3n) is 2.62. The first kappa shape index (κ1) is 13.1. The lowest BCUT2D eigenvalue weighted by molar-refractivity contribution is 0.102. The van der Waals surface area contributed by atoms with E-state index in [9.17, 15) is 4.79 Å². The zero-order chi connectivity index (χ0) is 13.8. The average molecular weight is 272 g/mol. The summed E-state index contributed by atoms with van der Waals surface area (Å²) in [4.78, 5) is 12.3. The van der Waals surface area contributed by atoms with Crippen molar-refractivity contribution in [1.82, 2.24) is 10.2 Å². The van der Waals surface area contributed by atoms with Gasteiger partial charge < -0.3 is 11.1 Å². The molecular weight excluding hydrogens is 260 g/mol. The van der Waals surface area contributed by atoms with E-state index in [0.29, 0.717) is 21.8 Å². The van der Waals surface area contributed by atoms with E-state index in [1.54, 1.807) is 12.1 Å². The van der Waals surface area contributed by atoms with E-state index in [2.05, 4.69) is 15.5 Å². The fraction of sp³-hybridized carbons (Fsp3) is 0.0769. The molecule has 0 aliphatic heterocycles. The number of hydrogen-bond acceptors (Lipinski definition) is 4. The summed E-state index contributed by atoms with van der Waals surface area (Å²) in [6.45, 7) is 1.89. The summed E-state index contributed by atoms with van der Waals surface area (Å²) in [5.74, 6) is -0.252. The highest BCUT2D eigenvalue weighted by Gasteiger charge is 2.09. The van der Waals surface area contributed by atoms with Crippen molar-refractivity contribution in [3.05, 3.63) is 53.3 Å². The molecule has 96 valence electrons. The zero-order valence-electron chi connectivity index (χ0n) is 10.3. The Kier molecular flexibility index (Phi) is 3.82. The molecule has 1 aromatic heterocycles. The topological polar surface area (TPSA) is 80.9 Å². The minimum Gasteiger partial charge on any atom is -0.389 e. The third kappa shape index (κ3) is 3.11. The van der Waals surface area contributed by atoms with Gasteiger partial charge in [0.1, 0.15) is 4.99 Å². The van der Waals surface area contributed by atoms with Crippen LogP contribution in [0.15, 0.2) is 36.7 Å². The van der Waals surface area contributed by atoms with Crippen LogP contribution in [-0.2, 0) is 0 Å². The van der Waals surface area contributed by atoms with Crippen molar-refractivity contribution in [2.24, 2.45) is 5.73 Å². The molecule has 0 unspecified atom stereocenters. The molecule has 0 fully saturated rings. The van der Waals surface area contributed by atoms with Gasteiger partial charge in [-0.25, -0.2) is 0 Å². The molecule has 1 heterocycles. The Morgan fingerprint density at radius 3 is 2.68 bits per heavy atom. The molecule has 2 aromatic rings. The number of nitrogens with two attached hydrogens (primary N) is 1. The maximum Gasteiger partial charge on any atom is 0.257 e. The van der Waals surface area contributed by atoms with Gasteiger partial charge in [0, 0.05) is 11.3 Å². The summed E-state index contributed by atoms with van der Waals surface area (Å²) in [6.07, 6.45) is 2.87. The minimum atomic E-state index is -0.252. The van der Waals surface area contributed by atoms with Crippen molar-refractivity contribution >= 4 is 28.8 Å². The maximum absolute atomic E-state index is 12.0. The zero-order valence-corrected chi connectivity index (χ0v) is 11.1. The number of carbonyl (C=O) groups is 1. The van der Waals surface area contributed by atoms with Crippen LogP contribution in [0.1, 0.15) is 21.5 Å². The van der Waals surface area contributed by atoms with Crippen molar-refractivity contribution in [1.29, 1.82) is 0 Å². The van der Waals surface area contributed by atoms with E-state index in [-0.39, 0.29) is 5.91 Å². The fourth-order valence-electron chi connectivity index (χ4n) is 1.53. The highest BCUT2D eigenvalue weighted by atomic mass is 32.1. The van der Waals surface area contributed by atoms with Gasteiger partial charge in [-0.3, -0.25) is 4.79 Å². The molecule has 6 heteroatoms. The maximum atomic E-state index is 12.0. The predicted molar refractivity (Wildman–Crippen MR) is 77.1 cm³/mol. The van der Waals surface area contributed by atoms with Crippen molar-refractivity contribution < 1.29 is 4.79 Å². The molecule has 0 atom stereocenters. The summed E-state index contributed by atoms with van der Waals surface area (Å²) in [5, 5.41) is 10.1. The van der Waals surface area contributed by atoms with Crippen molar-refractivity contribution in [2.45, 2.75) is 6.92 Å². The number of aryl methyl sites for hydroxylation is 1. The van der Waals surface area contributed by atoms with Gasteiger partial charge in [0.05, 0.1) is 18.0 Å². The molecule has 2 rings (SSSR count). The number of nitrogens with zero attached hydrogens (tertiary/aromatic N) is 2. The summed E-state index contributed by atoms with van der Waals surface area (Å²) >= 11 is 4.92. The van der Waals surface area contributed by atoms with Crippen molar-refractivity contribution in [3.63, 3.8) is 0 Å². The highest BCUT2D eigenvalue weighted by molar-refractivity contribution is 7.80. The number of hydrogen-bond donors (Lipinski definition) is 2. The Morgan fingerprint density at radius 1 is 1.26 bits per heavy atom. The number of thiocarbonyl (C=S) groups is 1. The summed E-state index contributed by atoms with van der Waals surface area (Å²) < 4.78 is 0. The van der Waals surface area contributed by atoms with E-state index in [1.165, 1.54) is 12.4 Å². The quantitative estimate of drug-likeness (QED) is 0.831. The molecule has 1 aromatic carbocycles.